The Hall–Kier alpha value is -3.22. The summed E-state index contributed by atoms with van der Waals surface area (Å²) in [7, 11) is -2.75. The average molecular weight is 482 g/mol. The monoisotopic (exact) mass is 481 g/mol. The maximum atomic E-state index is 14.4. The summed E-state index contributed by atoms with van der Waals surface area (Å²) in [5.41, 5.74) is 4.21. The Morgan fingerprint density at radius 1 is 0.714 bits per heavy atom. The van der Waals surface area contributed by atoms with E-state index in [9.17, 15) is 4.79 Å². The van der Waals surface area contributed by atoms with Gasteiger partial charge in [-0.25, -0.2) is 0 Å². The predicted octanol–water partition coefficient (Wildman–Crippen LogP) is 6.45. The molecule has 1 N–H and O–H groups in total. The summed E-state index contributed by atoms with van der Waals surface area (Å²) in [6, 6.07) is 36.5. The van der Waals surface area contributed by atoms with Crippen molar-refractivity contribution < 1.29 is 4.79 Å². The second kappa shape index (κ2) is 11.0. The van der Waals surface area contributed by atoms with Crippen LogP contribution < -0.4 is 21.2 Å². The number of hydrogen-bond donors (Lipinski definition) is 1. The molecule has 0 aliphatic carbocycles. The number of anilines is 1. The third kappa shape index (κ3) is 4.95. The zero-order valence-corrected chi connectivity index (χ0v) is 22.2. The quantitative estimate of drug-likeness (QED) is 0.288. The van der Waals surface area contributed by atoms with Crippen LogP contribution in [0, 0.1) is 20.8 Å². The van der Waals surface area contributed by atoms with Crippen molar-refractivity contribution >= 4 is 34.8 Å². The van der Waals surface area contributed by atoms with Crippen LogP contribution in [-0.2, 0) is 4.79 Å². The topological polar surface area (TPSA) is 29.1 Å². The fourth-order valence-corrected chi connectivity index (χ4v) is 11.2. The van der Waals surface area contributed by atoms with E-state index in [1.807, 2.05) is 0 Å². The van der Waals surface area contributed by atoms with Gasteiger partial charge in [-0.3, -0.25) is 0 Å². The number of carbonyl (C=O) groups excluding carboxylic acids is 1. The molecule has 4 rings (SSSR count). The number of nitrogens with one attached hydrogen (secondary N) is 1. The van der Waals surface area contributed by atoms with Crippen LogP contribution in [0.3, 0.4) is 0 Å². The van der Waals surface area contributed by atoms with Gasteiger partial charge in [0.05, 0.1) is 0 Å². The minimum atomic E-state index is -2.75. The van der Waals surface area contributed by atoms with Gasteiger partial charge in [0.25, 0.3) is 0 Å². The van der Waals surface area contributed by atoms with Crippen molar-refractivity contribution in [1.29, 1.82) is 0 Å². The molecule has 1 atom stereocenters. The van der Waals surface area contributed by atoms with E-state index in [2.05, 4.69) is 136 Å². The second-order valence-corrected chi connectivity index (χ2v) is 13.6. The van der Waals surface area contributed by atoms with Gasteiger partial charge in [-0.15, -0.1) is 0 Å². The molecule has 1 amide bonds. The first-order valence-electron chi connectivity index (χ1n) is 12.5. The van der Waals surface area contributed by atoms with Crippen LogP contribution in [0.2, 0.25) is 0 Å². The SMILES string of the molecule is CCCC(C(=O)Nc1c(C)cc(C)cc1C)[PH](c1ccccc1)(c1ccccc1)c1ccccc1. The minimum absolute atomic E-state index is 0.116. The van der Waals surface area contributed by atoms with E-state index in [4.69, 9.17) is 0 Å². The van der Waals surface area contributed by atoms with E-state index in [1.54, 1.807) is 0 Å². The van der Waals surface area contributed by atoms with Gasteiger partial charge < -0.3 is 0 Å². The van der Waals surface area contributed by atoms with Gasteiger partial charge in [-0.2, -0.15) is 0 Å². The van der Waals surface area contributed by atoms with E-state index < -0.39 is 7.26 Å². The maximum absolute atomic E-state index is 14.4. The molecule has 0 heterocycles. The summed E-state index contributed by atoms with van der Waals surface area (Å²) in [4.78, 5) is 14.4. The van der Waals surface area contributed by atoms with Crippen LogP contribution >= 0.6 is 7.26 Å². The molecule has 3 heteroatoms. The Morgan fingerprint density at radius 3 is 1.49 bits per heavy atom. The molecule has 0 aliphatic rings. The van der Waals surface area contributed by atoms with Crippen LogP contribution in [0.15, 0.2) is 103 Å². The molecule has 180 valence electrons. The van der Waals surface area contributed by atoms with Crippen molar-refractivity contribution in [3.63, 3.8) is 0 Å². The Kier molecular flexibility index (Phi) is 7.83. The van der Waals surface area contributed by atoms with Crippen molar-refractivity contribution in [2.45, 2.75) is 46.2 Å². The summed E-state index contributed by atoms with van der Waals surface area (Å²) < 4.78 is 0. The van der Waals surface area contributed by atoms with E-state index in [-0.39, 0.29) is 11.6 Å². The van der Waals surface area contributed by atoms with Gasteiger partial charge >= 0.3 is 211 Å². The summed E-state index contributed by atoms with van der Waals surface area (Å²) in [6.07, 6.45) is 1.76. The van der Waals surface area contributed by atoms with Crippen LogP contribution in [0.1, 0.15) is 36.5 Å². The summed E-state index contributed by atoms with van der Waals surface area (Å²) >= 11 is 0. The molecule has 4 aromatic carbocycles. The van der Waals surface area contributed by atoms with Crippen LogP contribution in [0.5, 0.6) is 0 Å². The van der Waals surface area contributed by atoms with Crippen LogP contribution in [-0.4, -0.2) is 11.6 Å². The molecule has 0 saturated heterocycles. The van der Waals surface area contributed by atoms with Crippen molar-refractivity contribution in [2.75, 3.05) is 5.32 Å². The van der Waals surface area contributed by atoms with Gasteiger partial charge in [0.1, 0.15) is 0 Å². The van der Waals surface area contributed by atoms with E-state index in [1.165, 1.54) is 21.5 Å². The molecule has 0 saturated carbocycles. The predicted molar refractivity (Wildman–Crippen MR) is 155 cm³/mol. The van der Waals surface area contributed by atoms with Gasteiger partial charge in [0.15, 0.2) is 0 Å². The fourth-order valence-electron chi connectivity index (χ4n) is 5.63. The molecule has 0 fully saturated rings. The number of hydrogen-bond acceptors (Lipinski definition) is 1. The first-order valence-corrected chi connectivity index (χ1v) is 14.6. The van der Waals surface area contributed by atoms with Crippen molar-refractivity contribution in [3.05, 3.63) is 120 Å². The molecule has 0 aliphatic heterocycles. The zero-order chi connectivity index (χ0) is 24.8. The first-order chi connectivity index (χ1) is 17.0. The van der Waals surface area contributed by atoms with E-state index >= 15 is 0 Å². The summed E-state index contributed by atoms with van der Waals surface area (Å²) in [5, 5.41) is 7.20. The third-order valence-corrected chi connectivity index (χ3v) is 12.4. The molecule has 2 nitrogen and oxygen atoms in total. The number of rotatable bonds is 8. The second-order valence-electron chi connectivity index (χ2n) is 9.51. The van der Waals surface area contributed by atoms with E-state index in [0.717, 1.165) is 29.7 Å². The normalized spacial score (nSPS) is 12.7. The number of amides is 1. The average Bonchev–Trinajstić information content (AvgIpc) is 2.88. The summed E-state index contributed by atoms with van der Waals surface area (Å²) in [6.45, 7) is 8.45. The number of benzene rings is 4. The number of aryl methyl sites for hydroxylation is 3. The van der Waals surface area contributed by atoms with Crippen molar-refractivity contribution in [2.24, 2.45) is 0 Å². The number of carbonyl (C=O) groups is 1. The van der Waals surface area contributed by atoms with Crippen molar-refractivity contribution in [3.8, 4) is 0 Å². The zero-order valence-electron chi connectivity index (χ0n) is 21.2. The Balaban J connectivity index is 1.97. The molecular formula is C32H36NOP. The Morgan fingerprint density at radius 2 is 1.11 bits per heavy atom. The molecular weight excluding hydrogens is 445 g/mol. The Bertz CT molecular complexity index is 1150. The third-order valence-electron chi connectivity index (χ3n) is 7.03. The fraction of sp³-hybridized carbons (Fsp3) is 0.219. The molecule has 1 unspecified atom stereocenters. The summed E-state index contributed by atoms with van der Waals surface area (Å²) in [5.74, 6) is 0.116. The van der Waals surface area contributed by atoms with Gasteiger partial charge in [0, 0.05) is 0 Å². The molecule has 0 spiro atoms. The molecule has 4 aromatic rings. The molecule has 0 bridgehead atoms. The van der Waals surface area contributed by atoms with Gasteiger partial charge in [0.2, 0.25) is 0 Å². The van der Waals surface area contributed by atoms with E-state index in [0.29, 0.717) is 0 Å². The van der Waals surface area contributed by atoms with Gasteiger partial charge in [-0.05, 0) is 0 Å². The van der Waals surface area contributed by atoms with Gasteiger partial charge in [-0.1, -0.05) is 0 Å². The molecule has 35 heavy (non-hydrogen) atoms. The standard InChI is InChI=1S/C32H36NOP/c1-5-15-30(32(34)33-31-25(3)22-24(2)23-26(31)4)35(27-16-9-6-10-17-27,28-18-11-7-12-19-28)29-20-13-8-14-21-29/h6-14,16-23,30,35H,5,15H2,1-4H3,(H,33,34). The van der Waals surface area contributed by atoms with Crippen LogP contribution in [0.25, 0.3) is 0 Å². The molecule has 0 radical (unpaired) electrons. The van der Waals surface area contributed by atoms with Crippen molar-refractivity contribution in [1.82, 2.24) is 0 Å². The molecule has 0 aromatic heterocycles. The van der Waals surface area contributed by atoms with Crippen LogP contribution in [0.4, 0.5) is 5.69 Å². The Labute approximate surface area is 210 Å². The first kappa shape index (κ1) is 24.9.